The van der Waals surface area contributed by atoms with Gasteiger partial charge in [-0.3, -0.25) is 14.6 Å². The Kier molecular flexibility index (Phi) is 10.2. The van der Waals surface area contributed by atoms with Crippen LogP contribution in [0.3, 0.4) is 0 Å². The van der Waals surface area contributed by atoms with Crippen LogP contribution in [0.25, 0.3) is 0 Å². The number of amides is 1. The summed E-state index contributed by atoms with van der Waals surface area (Å²) in [6.45, 7) is 8.92. The van der Waals surface area contributed by atoms with E-state index in [4.69, 9.17) is 9.47 Å². The van der Waals surface area contributed by atoms with Gasteiger partial charge in [0.05, 0.1) is 37.0 Å². The molecule has 0 spiro atoms. The molecule has 42 heavy (non-hydrogen) atoms. The Morgan fingerprint density at radius 2 is 1.60 bits per heavy atom. The van der Waals surface area contributed by atoms with Crippen LogP contribution in [-0.4, -0.2) is 98.9 Å². The van der Waals surface area contributed by atoms with E-state index in [2.05, 4.69) is 9.80 Å². The van der Waals surface area contributed by atoms with Gasteiger partial charge in [-0.25, -0.2) is 0 Å². The van der Waals surface area contributed by atoms with Gasteiger partial charge in [0.25, 0.3) is 5.91 Å². The lowest BCUT2D eigenvalue weighted by molar-refractivity contribution is -0.143. The van der Waals surface area contributed by atoms with E-state index in [0.29, 0.717) is 58.0 Å². The van der Waals surface area contributed by atoms with Crippen molar-refractivity contribution in [1.29, 1.82) is 0 Å². The van der Waals surface area contributed by atoms with Crippen LogP contribution in [0.1, 0.15) is 38.2 Å². The maximum Gasteiger partial charge on any atom is 0.416 e. The highest BCUT2D eigenvalue weighted by atomic mass is 19.4. The van der Waals surface area contributed by atoms with Crippen molar-refractivity contribution >= 4 is 5.91 Å². The van der Waals surface area contributed by atoms with Crippen LogP contribution in [0.2, 0.25) is 0 Å². The molecule has 2 aromatic carbocycles. The number of nitrogens with zero attached hydrogens (tertiary/aromatic N) is 3. The number of carbonyl (C=O) groups is 1. The summed E-state index contributed by atoms with van der Waals surface area (Å²) in [5.41, 5.74) is -0.524. The van der Waals surface area contributed by atoms with E-state index >= 15 is 0 Å². The van der Waals surface area contributed by atoms with Crippen molar-refractivity contribution in [3.63, 3.8) is 0 Å². The summed E-state index contributed by atoms with van der Waals surface area (Å²) in [6, 6.07) is 6.68. The van der Waals surface area contributed by atoms with Crippen LogP contribution in [-0.2, 0) is 28.2 Å². The fourth-order valence-electron chi connectivity index (χ4n) is 5.61. The molecule has 0 N–H and O–H groups in total. The second-order valence-corrected chi connectivity index (χ2v) is 11.1. The van der Waals surface area contributed by atoms with E-state index in [-0.39, 0.29) is 18.7 Å². The third kappa shape index (κ3) is 8.03. The molecule has 2 aliphatic rings. The third-order valence-electron chi connectivity index (χ3n) is 8.12. The SMILES string of the molecule is COC[C@H]1COCCN1CCN1CCN(C(=O)c2cc(C(F)(F)F)cc(C(F)(F)F)c2)[C@H](Cc2ccc(C)c(C)c2)C1. The van der Waals surface area contributed by atoms with Crippen LogP contribution in [0.15, 0.2) is 36.4 Å². The van der Waals surface area contributed by atoms with Gasteiger partial charge in [-0.15, -0.1) is 0 Å². The molecule has 2 aliphatic heterocycles. The number of ether oxygens (including phenoxy) is 2. The molecule has 1 amide bonds. The van der Waals surface area contributed by atoms with E-state index in [1.165, 1.54) is 4.90 Å². The van der Waals surface area contributed by atoms with Crippen molar-refractivity contribution < 1.29 is 40.6 Å². The number of hydrogen-bond donors (Lipinski definition) is 0. The molecule has 2 fully saturated rings. The number of benzene rings is 2. The predicted octanol–water partition coefficient (Wildman–Crippen LogP) is 5.06. The van der Waals surface area contributed by atoms with Crippen molar-refractivity contribution in [1.82, 2.24) is 14.7 Å². The van der Waals surface area contributed by atoms with Gasteiger partial charge in [-0.1, -0.05) is 18.2 Å². The monoisotopic (exact) mass is 601 g/mol. The maximum atomic E-state index is 13.6. The standard InChI is InChI=1S/C30H37F6N3O3/c1-20-4-5-22(12-21(20)2)13-26-17-37(6-8-38-10-11-42-19-27(38)18-41-3)7-9-39(26)28(40)23-14-24(29(31,32)33)16-25(15-23)30(34,35)36/h4-5,12,14-16,26-27H,6-11,13,17-19H2,1-3H3/t26-,27+/m1/s1. The first kappa shape index (κ1) is 32.2. The first-order valence-electron chi connectivity index (χ1n) is 14.0. The quantitative estimate of drug-likeness (QED) is 0.396. The molecular formula is C30H37F6N3O3. The van der Waals surface area contributed by atoms with E-state index in [0.717, 1.165) is 29.8 Å². The van der Waals surface area contributed by atoms with Gasteiger partial charge in [-0.05, 0) is 55.2 Å². The van der Waals surface area contributed by atoms with Gasteiger partial charge in [0.15, 0.2) is 0 Å². The van der Waals surface area contributed by atoms with Gasteiger partial charge in [-0.2, -0.15) is 26.3 Å². The Morgan fingerprint density at radius 1 is 0.905 bits per heavy atom. The first-order chi connectivity index (χ1) is 19.8. The zero-order valence-electron chi connectivity index (χ0n) is 24.0. The Labute approximate surface area is 242 Å². The van der Waals surface area contributed by atoms with Crippen molar-refractivity contribution in [3.8, 4) is 0 Å². The summed E-state index contributed by atoms with van der Waals surface area (Å²) in [7, 11) is 1.64. The minimum absolute atomic E-state index is 0.0454. The zero-order valence-corrected chi connectivity index (χ0v) is 24.0. The lowest BCUT2D eigenvalue weighted by Crippen LogP contribution is -2.58. The number of rotatable bonds is 8. The van der Waals surface area contributed by atoms with E-state index in [9.17, 15) is 31.1 Å². The highest BCUT2D eigenvalue weighted by molar-refractivity contribution is 5.95. The maximum absolute atomic E-state index is 13.6. The van der Waals surface area contributed by atoms with E-state index < -0.39 is 41.0 Å². The number of morpholine rings is 1. The number of halogens is 6. The molecule has 2 saturated heterocycles. The van der Waals surface area contributed by atoms with Crippen LogP contribution in [0.5, 0.6) is 0 Å². The molecule has 2 atom stereocenters. The third-order valence-corrected chi connectivity index (χ3v) is 8.12. The predicted molar refractivity (Wildman–Crippen MR) is 145 cm³/mol. The molecule has 4 rings (SSSR count). The fourth-order valence-corrected chi connectivity index (χ4v) is 5.61. The van der Waals surface area contributed by atoms with Crippen LogP contribution in [0, 0.1) is 13.8 Å². The Bertz CT molecular complexity index is 1200. The topological polar surface area (TPSA) is 45.3 Å². The van der Waals surface area contributed by atoms with Crippen molar-refractivity contribution in [3.05, 3.63) is 69.8 Å². The molecule has 0 aliphatic carbocycles. The largest absolute Gasteiger partial charge is 0.416 e. The average molecular weight is 602 g/mol. The second kappa shape index (κ2) is 13.3. The van der Waals surface area contributed by atoms with Crippen LogP contribution < -0.4 is 0 Å². The highest BCUT2D eigenvalue weighted by Crippen LogP contribution is 2.37. The smallest absolute Gasteiger partial charge is 0.383 e. The summed E-state index contributed by atoms with van der Waals surface area (Å²) < 4.78 is 92.0. The number of alkyl halides is 6. The summed E-state index contributed by atoms with van der Waals surface area (Å²) >= 11 is 0. The first-order valence-corrected chi connectivity index (χ1v) is 14.0. The Balaban J connectivity index is 1.58. The summed E-state index contributed by atoms with van der Waals surface area (Å²) in [6.07, 6.45) is -9.65. The number of hydrogen-bond acceptors (Lipinski definition) is 5. The minimum Gasteiger partial charge on any atom is -0.383 e. The molecule has 12 heteroatoms. The molecular weight excluding hydrogens is 564 g/mol. The second-order valence-electron chi connectivity index (χ2n) is 11.1. The molecule has 0 unspecified atom stereocenters. The van der Waals surface area contributed by atoms with Crippen molar-refractivity contribution in [2.45, 2.75) is 44.7 Å². The van der Waals surface area contributed by atoms with E-state index in [1.807, 2.05) is 32.0 Å². The van der Waals surface area contributed by atoms with Gasteiger partial charge >= 0.3 is 12.4 Å². The molecule has 6 nitrogen and oxygen atoms in total. The van der Waals surface area contributed by atoms with Gasteiger partial charge in [0, 0.05) is 58.0 Å². The van der Waals surface area contributed by atoms with Gasteiger partial charge < -0.3 is 14.4 Å². The Hall–Kier alpha value is -2.67. The summed E-state index contributed by atoms with van der Waals surface area (Å²) in [5, 5.41) is 0. The highest BCUT2D eigenvalue weighted by Gasteiger charge is 2.39. The van der Waals surface area contributed by atoms with Crippen LogP contribution >= 0.6 is 0 Å². The molecule has 0 aromatic heterocycles. The lowest BCUT2D eigenvalue weighted by Gasteiger charge is -2.43. The normalized spacial score (nSPS) is 21.1. The number of aryl methyl sites for hydroxylation is 2. The van der Waals surface area contributed by atoms with Crippen molar-refractivity contribution in [2.24, 2.45) is 0 Å². The van der Waals surface area contributed by atoms with E-state index in [1.54, 1.807) is 7.11 Å². The number of carbonyl (C=O) groups excluding carboxylic acids is 1. The molecule has 0 radical (unpaired) electrons. The molecule has 0 saturated carbocycles. The summed E-state index contributed by atoms with van der Waals surface area (Å²) in [4.78, 5) is 19.6. The van der Waals surface area contributed by atoms with Crippen molar-refractivity contribution in [2.75, 3.05) is 66.2 Å². The lowest BCUT2D eigenvalue weighted by atomic mass is 9.97. The molecule has 0 bridgehead atoms. The molecule has 2 aromatic rings. The number of methoxy groups -OCH3 is 1. The zero-order chi connectivity index (χ0) is 30.7. The summed E-state index contributed by atoms with van der Waals surface area (Å²) in [5.74, 6) is -0.839. The number of piperazine rings is 1. The fraction of sp³-hybridized carbons (Fsp3) is 0.567. The minimum atomic E-state index is -5.03. The average Bonchev–Trinajstić information content (AvgIpc) is 2.93. The van der Waals surface area contributed by atoms with Gasteiger partial charge in [0.1, 0.15) is 0 Å². The van der Waals surface area contributed by atoms with Crippen LogP contribution in [0.4, 0.5) is 26.3 Å². The Morgan fingerprint density at radius 3 is 2.21 bits per heavy atom. The molecule has 2 heterocycles. The molecule has 232 valence electrons. The van der Waals surface area contributed by atoms with Gasteiger partial charge in [0.2, 0.25) is 0 Å².